The minimum atomic E-state index is -0.280. The molecule has 2 atom stereocenters. The molecule has 2 heterocycles. The topological polar surface area (TPSA) is 62.0 Å². The molecule has 1 saturated heterocycles. The Hall–Kier alpha value is -2.95. The standard InChI is InChI=1S/C24H25FN2O2/c1-14(2)19(13-17-10-11-26-23(17)28)18-8-9-22(27-24(18)29)16-7-6-15-4-3-5-21(25)20(15)12-16/h3-9,12,14,17,19H,10-11,13H2,1-2H3,(H,26,28)(H,27,29)/t17-,19-/m0/s1. The number of rotatable bonds is 5. The zero-order chi connectivity index (χ0) is 20.5. The quantitative estimate of drug-likeness (QED) is 0.667. The molecule has 150 valence electrons. The van der Waals surface area contributed by atoms with Gasteiger partial charge in [0.1, 0.15) is 5.82 Å². The van der Waals surface area contributed by atoms with E-state index in [0.717, 1.165) is 17.4 Å². The molecule has 3 aromatic rings. The van der Waals surface area contributed by atoms with Gasteiger partial charge in [-0.25, -0.2) is 4.39 Å². The highest BCUT2D eigenvalue weighted by Crippen LogP contribution is 2.32. The summed E-state index contributed by atoms with van der Waals surface area (Å²) in [6.07, 6.45) is 1.49. The summed E-state index contributed by atoms with van der Waals surface area (Å²) in [6, 6.07) is 14.2. The molecule has 1 aliphatic rings. The molecule has 1 amide bonds. The lowest BCUT2D eigenvalue weighted by atomic mass is 9.81. The van der Waals surface area contributed by atoms with Crippen molar-refractivity contribution < 1.29 is 9.18 Å². The molecule has 2 N–H and O–H groups in total. The molecule has 4 nitrogen and oxygen atoms in total. The molecule has 0 spiro atoms. The number of carbonyl (C=O) groups excluding carboxylic acids is 1. The lowest BCUT2D eigenvalue weighted by Crippen LogP contribution is -2.25. The van der Waals surface area contributed by atoms with Crippen molar-refractivity contribution in [2.45, 2.75) is 32.6 Å². The first-order valence-electron chi connectivity index (χ1n) is 10.1. The van der Waals surface area contributed by atoms with E-state index in [9.17, 15) is 14.0 Å². The highest BCUT2D eigenvalue weighted by Gasteiger charge is 2.30. The molecule has 2 aromatic carbocycles. The van der Waals surface area contributed by atoms with Crippen LogP contribution in [-0.2, 0) is 4.79 Å². The average Bonchev–Trinajstić information content (AvgIpc) is 3.11. The van der Waals surface area contributed by atoms with Gasteiger partial charge in [0.2, 0.25) is 5.91 Å². The molecule has 29 heavy (non-hydrogen) atoms. The summed E-state index contributed by atoms with van der Waals surface area (Å²) < 4.78 is 14.1. The van der Waals surface area contributed by atoms with Crippen LogP contribution >= 0.6 is 0 Å². The monoisotopic (exact) mass is 392 g/mol. The van der Waals surface area contributed by atoms with Crippen molar-refractivity contribution in [2.24, 2.45) is 11.8 Å². The van der Waals surface area contributed by atoms with Crippen LogP contribution in [0.1, 0.15) is 38.2 Å². The number of halogens is 1. The summed E-state index contributed by atoms with van der Waals surface area (Å²) >= 11 is 0. The molecule has 0 radical (unpaired) electrons. The predicted molar refractivity (Wildman–Crippen MR) is 113 cm³/mol. The fraction of sp³-hybridized carbons (Fsp3) is 0.333. The molecular formula is C24H25FN2O2. The predicted octanol–water partition coefficient (Wildman–Crippen LogP) is 4.60. The minimum absolute atomic E-state index is 0.00991. The van der Waals surface area contributed by atoms with Crippen LogP contribution < -0.4 is 10.9 Å². The number of benzene rings is 2. The van der Waals surface area contributed by atoms with E-state index in [1.54, 1.807) is 12.1 Å². The molecule has 0 saturated carbocycles. The third-order valence-electron chi connectivity index (χ3n) is 5.99. The third-order valence-corrected chi connectivity index (χ3v) is 5.99. The number of hydrogen-bond acceptors (Lipinski definition) is 2. The van der Waals surface area contributed by atoms with E-state index in [4.69, 9.17) is 0 Å². The van der Waals surface area contributed by atoms with Crippen molar-refractivity contribution in [1.82, 2.24) is 10.3 Å². The van der Waals surface area contributed by atoms with Crippen molar-refractivity contribution in [2.75, 3.05) is 6.54 Å². The van der Waals surface area contributed by atoms with Gasteiger partial charge in [-0.2, -0.15) is 0 Å². The summed E-state index contributed by atoms with van der Waals surface area (Å²) in [5.74, 6) is 0.0191. The second-order valence-corrected chi connectivity index (χ2v) is 8.20. The van der Waals surface area contributed by atoms with Crippen LogP contribution in [0, 0.1) is 17.7 Å². The second-order valence-electron chi connectivity index (χ2n) is 8.20. The zero-order valence-corrected chi connectivity index (χ0v) is 16.7. The van der Waals surface area contributed by atoms with E-state index in [1.165, 1.54) is 6.07 Å². The largest absolute Gasteiger partial charge is 0.356 e. The Morgan fingerprint density at radius 1 is 1.10 bits per heavy atom. The number of hydrogen-bond donors (Lipinski definition) is 2. The van der Waals surface area contributed by atoms with Gasteiger partial charge in [-0.3, -0.25) is 9.59 Å². The number of fused-ring (bicyclic) bond motifs is 1. The average molecular weight is 392 g/mol. The van der Waals surface area contributed by atoms with Crippen LogP contribution in [0.15, 0.2) is 53.3 Å². The van der Waals surface area contributed by atoms with Crippen molar-refractivity contribution in [3.05, 3.63) is 70.3 Å². The van der Waals surface area contributed by atoms with Crippen LogP contribution in [0.2, 0.25) is 0 Å². The first-order valence-corrected chi connectivity index (χ1v) is 10.1. The summed E-state index contributed by atoms with van der Waals surface area (Å²) in [5.41, 5.74) is 1.98. The van der Waals surface area contributed by atoms with Crippen molar-refractivity contribution in [3.8, 4) is 11.3 Å². The van der Waals surface area contributed by atoms with E-state index in [0.29, 0.717) is 29.6 Å². The molecule has 1 fully saturated rings. The van der Waals surface area contributed by atoms with Crippen molar-refractivity contribution in [3.63, 3.8) is 0 Å². The summed E-state index contributed by atoms with van der Waals surface area (Å²) in [4.78, 5) is 27.9. The second kappa shape index (κ2) is 7.82. The van der Waals surface area contributed by atoms with Crippen molar-refractivity contribution >= 4 is 16.7 Å². The normalized spacial score (nSPS) is 17.7. The molecule has 4 rings (SSSR count). The Kier molecular flexibility index (Phi) is 5.22. The van der Waals surface area contributed by atoms with Crippen molar-refractivity contribution in [1.29, 1.82) is 0 Å². The van der Waals surface area contributed by atoms with E-state index >= 15 is 0 Å². The Balaban J connectivity index is 1.67. The van der Waals surface area contributed by atoms with Gasteiger partial charge in [0, 0.05) is 29.1 Å². The highest BCUT2D eigenvalue weighted by molar-refractivity contribution is 5.87. The van der Waals surface area contributed by atoms with Crippen LogP contribution in [0.5, 0.6) is 0 Å². The number of aromatic amines is 1. The zero-order valence-electron chi connectivity index (χ0n) is 16.7. The number of carbonyl (C=O) groups is 1. The lowest BCUT2D eigenvalue weighted by molar-refractivity contribution is -0.122. The Morgan fingerprint density at radius 3 is 2.62 bits per heavy atom. The number of amides is 1. The third kappa shape index (κ3) is 3.82. The summed E-state index contributed by atoms with van der Waals surface area (Å²) in [7, 11) is 0. The summed E-state index contributed by atoms with van der Waals surface area (Å²) in [6.45, 7) is 4.87. The van der Waals surface area contributed by atoms with Gasteiger partial charge in [-0.1, -0.05) is 44.2 Å². The number of nitrogens with one attached hydrogen (secondary N) is 2. The van der Waals surface area contributed by atoms with Gasteiger partial charge in [0.05, 0.1) is 0 Å². The highest BCUT2D eigenvalue weighted by atomic mass is 19.1. The van der Waals surface area contributed by atoms with E-state index in [1.807, 2.05) is 30.3 Å². The molecule has 0 bridgehead atoms. The Labute approximate surface area is 169 Å². The smallest absolute Gasteiger partial charge is 0.251 e. The molecule has 5 heteroatoms. The van der Waals surface area contributed by atoms with Gasteiger partial charge in [-0.05, 0) is 53.8 Å². The van der Waals surface area contributed by atoms with E-state index < -0.39 is 0 Å². The van der Waals surface area contributed by atoms with E-state index in [2.05, 4.69) is 24.1 Å². The maximum absolute atomic E-state index is 14.1. The fourth-order valence-electron chi connectivity index (χ4n) is 4.28. The number of H-pyrrole nitrogens is 1. The molecule has 1 aromatic heterocycles. The van der Waals surface area contributed by atoms with Crippen LogP contribution in [-0.4, -0.2) is 17.4 Å². The van der Waals surface area contributed by atoms with E-state index in [-0.39, 0.29) is 35.0 Å². The molecule has 1 aliphatic heterocycles. The first kappa shape index (κ1) is 19.4. The van der Waals surface area contributed by atoms with Gasteiger partial charge < -0.3 is 10.3 Å². The lowest BCUT2D eigenvalue weighted by Gasteiger charge is -2.23. The maximum Gasteiger partial charge on any atom is 0.251 e. The Bertz CT molecular complexity index is 1120. The fourth-order valence-corrected chi connectivity index (χ4v) is 4.28. The van der Waals surface area contributed by atoms with Gasteiger partial charge in [-0.15, -0.1) is 0 Å². The molecule has 0 aliphatic carbocycles. The van der Waals surface area contributed by atoms with Gasteiger partial charge in [0.15, 0.2) is 0 Å². The SMILES string of the molecule is CC(C)[C@H](C[C@@H]1CCNC1=O)c1ccc(-c2ccc3cccc(F)c3c2)[nH]c1=O. The van der Waals surface area contributed by atoms with Crippen LogP contribution in [0.3, 0.4) is 0 Å². The minimum Gasteiger partial charge on any atom is -0.356 e. The Morgan fingerprint density at radius 2 is 1.93 bits per heavy atom. The maximum atomic E-state index is 14.1. The first-order chi connectivity index (χ1) is 13.9. The molecule has 0 unspecified atom stereocenters. The molecular weight excluding hydrogens is 367 g/mol. The number of aromatic nitrogens is 1. The van der Waals surface area contributed by atoms with Crippen LogP contribution in [0.4, 0.5) is 4.39 Å². The van der Waals surface area contributed by atoms with Crippen LogP contribution in [0.25, 0.3) is 22.0 Å². The summed E-state index contributed by atoms with van der Waals surface area (Å²) in [5, 5.41) is 4.23. The van der Waals surface area contributed by atoms with Gasteiger partial charge in [0.25, 0.3) is 5.56 Å². The number of pyridine rings is 1. The van der Waals surface area contributed by atoms with Gasteiger partial charge >= 0.3 is 0 Å².